The molecule has 2 atom stereocenters. The van der Waals surface area contributed by atoms with Gasteiger partial charge in [0, 0.05) is 41.1 Å². The molecule has 1 aromatic rings. The summed E-state index contributed by atoms with van der Waals surface area (Å²) in [4.78, 5) is 22.4. The normalized spacial score (nSPS) is 14.2. The SMILES string of the molecule is CC(CCS(C)=O)n1cc(C(=O)O)ccc1=O. The van der Waals surface area contributed by atoms with Crippen LogP contribution < -0.4 is 5.56 Å². The van der Waals surface area contributed by atoms with Crippen LogP contribution in [0, 0.1) is 0 Å². The van der Waals surface area contributed by atoms with Crippen molar-refractivity contribution in [1.29, 1.82) is 0 Å². The fourth-order valence-electron chi connectivity index (χ4n) is 1.45. The molecule has 2 unspecified atom stereocenters. The van der Waals surface area contributed by atoms with Gasteiger partial charge in [0.05, 0.1) is 5.56 Å². The van der Waals surface area contributed by atoms with Crippen LogP contribution in [0.4, 0.5) is 0 Å². The summed E-state index contributed by atoms with van der Waals surface area (Å²) < 4.78 is 12.3. The lowest BCUT2D eigenvalue weighted by Gasteiger charge is -2.14. The van der Waals surface area contributed by atoms with Crippen molar-refractivity contribution in [2.45, 2.75) is 19.4 Å². The van der Waals surface area contributed by atoms with Crippen LogP contribution in [0.1, 0.15) is 29.7 Å². The zero-order valence-electron chi connectivity index (χ0n) is 9.75. The van der Waals surface area contributed by atoms with Gasteiger partial charge < -0.3 is 9.67 Å². The molecule has 0 amide bonds. The average molecular weight is 257 g/mol. The second-order valence-corrected chi connectivity index (χ2v) is 5.44. The van der Waals surface area contributed by atoms with Gasteiger partial charge in [-0.3, -0.25) is 9.00 Å². The van der Waals surface area contributed by atoms with Crippen LogP contribution in [-0.2, 0) is 10.8 Å². The summed E-state index contributed by atoms with van der Waals surface area (Å²) in [7, 11) is -0.912. The second-order valence-electron chi connectivity index (χ2n) is 3.88. The summed E-state index contributed by atoms with van der Waals surface area (Å²) in [5.74, 6) is -0.574. The fourth-order valence-corrected chi connectivity index (χ4v) is 2.12. The Balaban J connectivity index is 2.95. The highest BCUT2D eigenvalue weighted by atomic mass is 32.2. The van der Waals surface area contributed by atoms with Crippen molar-refractivity contribution in [3.63, 3.8) is 0 Å². The Morgan fingerprint density at radius 2 is 2.18 bits per heavy atom. The number of aromatic carboxylic acids is 1. The molecule has 0 aliphatic heterocycles. The summed E-state index contributed by atoms with van der Waals surface area (Å²) >= 11 is 0. The Hall–Kier alpha value is -1.43. The molecular weight excluding hydrogens is 242 g/mol. The lowest BCUT2D eigenvalue weighted by molar-refractivity contribution is 0.0695. The number of rotatable bonds is 5. The molecular formula is C11H15NO4S. The van der Waals surface area contributed by atoms with Gasteiger partial charge in [-0.2, -0.15) is 0 Å². The number of hydrogen-bond donors (Lipinski definition) is 1. The van der Waals surface area contributed by atoms with Crippen LogP contribution in [-0.4, -0.2) is 31.9 Å². The minimum Gasteiger partial charge on any atom is -0.478 e. The molecule has 1 N–H and O–H groups in total. The summed E-state index contributed by atoms with van der Waals surface area (Å²) in [5.41, 5.74) is -0.168. The van der Waals surface area contributed by atoms with Crippen LogP contribution in [0.15, 0.2) is 23.1 Å². The van der Waals surface area contributed by atoms with Crippen molar-refractivity contribution in [2.75, 3.05) is 12.0 Å². The highest BCUT2D eigenvalue weighted by Crippen LogP contribution is 2.09. The van der Waals surface area contributed by atoms with Gasteiger partial charge in [-0.15, -0.1) is 0 Å². The average Bonchev–Trinajstić information content (AvgIpc) is 2.26. The lowest BCUT2D eigenvalue weighted by Crippen LogP contribution is -2.24. The molecule has 5 nitrogen and oxygen atoms in total. The zero-order valence-corrected chi connectivity index (χ0v) is 10.6. The van der Waals surface area contributed by atoms with Crippen molar-refractivity contribution in [3.05, 3.63) is 34.2 Å². The minimum atomic E-state index is -1.06. The van der Waals surface area contributed by atoms with Gasteiger partial charge in [-0.05, 0) is 19.4 Å². The molecule has 0 spiro atoms. The third-order valence-electron chi connectivity index (χ3n) is 2.48. The number of hydrogen-bond acceptors (Lipinski definition) is 3. The number of nitrogens with zero attached hydrogens (tertiary/aromatic N) is 1. The van der Waals surface area contributed by atoms with E-state index < -0.39 is 16.8 Å². The summed E-state index contributed by atoms with van der Waals surface area (Å²) in [6.45, 7) is 1.81. The molecule has 1 rings (SSSR count). The Morgan fingerprint density at radius 3 is 2.71 bits per heavy atom. The third-order valence-corrected chi connectivity index (χ3v) is 3.29. The minimum absolute atomic E-state index is 0.0778. The first-order chi connectivity index (χ1) is 7.91. The molecule has 0 saturated carbocycles. The van der Waals surface area contributed by atoms with Crippen molar-refractivity contribution in [3.8, 4) is 0 Å². The van der Waals surface area contributed by atoms with Crippen molar-refractivity contribution in [2.24, 2.45) is 0 Å². The van der Waals surface area contributed by atoms with E-state index in [1.165, 1.54) is 22.9 Å². The number of carboxylic acids is 1. The monoisotopic (exact) mass is 257 g/mol. The maximum atomic E-state index is 11.6. The first kappa shape index (κ1) is 13.6. The molecule has 1 aromatic heterocycles. The molecule has 1 heterocycles. The van der Waals surface area contributed by atoms with Crippen LogP contribution in [0.5, 0.6) is 0 Å². The van der Waals surface area contributed by atoms with Crippen LogP contribution >= 0.6 is 0 Å². The standard InChI is InChI=1S/C11H15NO4S/c1-8(5-6-17(2)16)12-7-9(11(14)15)3-4-10(12)13/h3-4,7-8H,5-6H2,1-2H3,(H,14,15). The van der Waals surface area contributed by atoms with E-state index in [0.717, 1.165) is 0 Å². The van der Waals surface area contributed by atoms with E-state index in [9.17, 15) is 13.8 Å². The molecule has 6 heteroatoms. The Kier molecular flexibility index (Phi) is 4.62. The molecule has 0 saturated heterocycles. The van der Waals surface area contributed by atoms with E-state index in [-0.39, 0.29) is 17.2 Å². The van der Waals surface area contributed by atoms with Gasteiger partial charge in [0.1, 0.15) is 0 Å². The summed E-state index contributed by atoms with van der Waals surface area (Å²) in [6.07, 6.45) is 3.50. The zero-order chi connectivity index (χ0) is 13.0. The van der Waals surface area contributed by atoms with Crippen LogP contribution in [0.2, 0.25) is 0 Å². The lowest BCUT2D eigenvalue weighted by atomic mass is 10.2. The predicted octanol–water partition coefficient (Wildman–Crippen LogP) is 0.876. The highest BCUT2D eigenvalue weighted by Gasteiger charge is 2.10. The van der Waals surface area contributed by atoms with E-state index in [1.54, 1.807) is 13.2 Å². The van der Waals surface area contributed by atoms with Gasteiger partial charge in [-0.1, -0.05) is 0 Å². The Bertz CT molecular complexity index is 494. The van der Waals surface area contributed by atoms with Crippen molar-refractivity contribution in [1.82, 2.24) is 4.57 Å². The number of carboxylic acid groups (broad SMARTS) is 1. The maximum Gasteiger partial charge on any atom is 0.337 e. The third kappa shape index (κ3) is 3.81. The molecule has 0 bridgehead atoms. The van der Waals surface area contributed by atoms with Crippen LogP contribution in [0.3, 0.4) is 0 Å². The summed E-state index contributed by atoms with van der Waals surface area (Å²) in [6, 6.07) is 2.36. The number of aromatic nitrogens is 1. The van der Waals surface area contributed by atoms with Crippen molar-refractivity contribution >= 4 is 16.8 Å². The van der Waals surface area contributed by atoms with E-state index in [4.69, 9.17) is 5.11 Å². The molecule has 17 heavy (non-hydrogen) atoms. The quantitative estimate of drug-likeness (QED) is 0.849. The van der Waals surface area contributed by atoms with E-state index in [2.05, 4.69) is 0 Å². The van der Waals surface area contributed by atoms with Gasteiger partial charge in [0.25, 0.3) is 5.56 Å². The van der Waals surface area contributed by atoms with Gasteiger partial charge >= 0.3 is 5.97 Å². The molecule has 0 radical (unpaired) electrons. The first-order valence-electron chi connectivity index (χ1n) is 5.17. The fraction of sp³-hybridized carbons (Fsp3) is 0.455. The Labute approximate surface area is 102 Å². The molecule has 0 aliphatic carbocycles. The second kappa shape index (κ2) is 5.77. The van der Waals surface area contributed by atoms with Gasteiger partial charge in [0.15, 0.2) is 0 Å². The van der Waals surface area contributed by atoms with Crippen LogP contribution in [0.25, 0.3) is 0 Å². The van der Waals surface area contributed by atoms with E-state index in [0.29, 0.717) is 12.2 Å². The predicted molar refractivity (Wildman–Crippen MR) is 65.9 cm³/mol. The molecule has 0 aromatic carbocycles. The number of carbonyl (C=O) groups is 1. The first-order valence-corrected chi connectivity index (χ1v) is 6.90. The smallest absolute Gasteiger partial charge is 0.337 e. The highest BCUT2D eigenvalue weighted by molar-refractivity contribution is 7.84. The Morgan fingerprint density at radius 1 is 1.53 bits per heavy atom. The molecule has 94 valence electrons. The topological polar surface area (TPSA) is 76.4 Å². The molecule has 0 aliphatic rings. The molecule has 0 fully saturated rings. The largest absolute Gasteiger partial charge is 0.478 e. The van der Waals surface area contributed by atoms with E-state index >= 15 is 0 Å². The maximum absolute atomic E-state index is 11.6. The van der Waals surface area contributed by atoms with Gasteiger partial charge in [0.2, 0.25) is 0 Å². The van der Waals surface area contributed by atoms with E-state index in [1.807, 2.05) is 0 Å². The summed E-state index contributed by atoms with van der Waals surface area (Å²) in [5, 5.41) is 8.84. The van der Waals surface area contributed by atoms with Gasteiger partial charge in [-0.25, -0.2) is 4.79 Å². The van der Waals surface area contributed by atoms with Crippen molar-refractivity contribution < 1.29 is 14.1 Å². The number of pyridine rings is 1.